The lowest BCUT2D eigenvalue weighted by atomic mass is 10.2. The largest absolute Gasteiger partial charge is 0.481 e. The predicted molar refractivity (Wildman–Crippen MR) is 102 cm³/mol. The molecule has 1 aromatic carbocycles. The number of halogens is 2. The molecule has 0 unspecified atom stereocenters. The Morgan fingerprint density at radius 3 is 2.60 bits per heavy atom. The predicted octanol–water partition coefficient (Wildman–Crippen LogP) is 4.91. The molecule has 3 rings (SSSR count). The zero-order valence-electron chi connectivity index (χ0n) is 13.1. The molecule has 0 saturated heterocycles. The molecule has 0 radical (unpaired) electrons. The summed E-state index contributed by atoms with van der Waals surface area (Å²) in [7, 11) is 0. The lowest BCUT2D eigenvalue weighted by Crippen LogP contribution is -2.25. The Morgan fingerprint density at radius 2 is 1.96 bits per heavy atom. The Bertz CT molecular complexity index is 806. The van der Waals surface area contributed by atoms with Gasteiger partial charge in [-0.3, -0.25) is 4.79 Å². The van der Waals surface area contributed by atoms with Gasteiger partial charge in [0.05, 0.1) is 18.7 Å². The van der Waals surface area contributed by atoms with E-state index in [0.717, 1.165) is 21.3 Å². The van der Waals surface area contributed by atoms with Crippen LogP contribution in [0.1, 0.15) is 11.3 Å². The smallest absolute Gasteiger partial charge is 0.305 e. The summed E-state index contributed by atoms with van der Waals surface area (Å²) in [6.07, 6.45) is 0.0524. The maximum absolute atomic E-state index is 13.0. The van der Waals surface area contributed by atoms with Crippen molar-refractivity contribution in [1.29, 1.82) is 0 Å². The van der Waals surface area contributed by atoms with Gasteiger partial charge in [-0.1, -0.05) is 6.07 Å². The van der Waals surface area contributed by atoms with Crippen molar-refractivity contribution < 1.29 is 14.3 Å². The third-order valence-electron chi connectivity index (χ3n) is 3.42. The average molecular weight is 399 g/mol. The topological polar surface area (TPSA) is 53.4 Å². The van der Waals surface area contributed by atoms with E-state index >= 15 is 0 Å². The van der Waals surface area contributed by atoms with Crippen molar-refractivity contribution in [2.45, 2.75) is 13.0 Å². The zero-order valence-corrected chi connectivity index (χ0v) is 15.5. The number of anilines is 1. The van der Waals surface area contributed by atoms with Crippen molar-refractivity contribution >= 4 is 46.2 Å². The van der Waals surface area contributed by atoms with Gasteiger partial charge >= 0.3 is 5.97 Å². The number of carboxylic acids is 1. The number of rotatable bonds is 7. The van der Waals surface area contributed by atoms with Gasteiger partial charge in [-0.2, -0.15) is 0 Å². The van der Waals surface area contributed by atoms with Crippen molar-refractivity contribution in [1.82, 2.24) is 4.98 Å². The molecule has 1 N–H and O–H groups in total. The van der Waals surface area contributed by atoms with E-state index in [-0.39, 0.29) is 24.6 Å². The number of benzene rings is 1. The van der Waals surface area contributed by atoms with Crippen molar-refractivity contribution in [2.75, 3.05) is 11.4 Å². The molecule has 4 nitrogen and oxygen atoms in total. The second-order valence-corrected chi connectivity index (χ2v) is 7.04. The minimum Gasteiger partial charge on any atom is -0.481 e. The van der Waals surface area contributed by atoms with Crippen LogP contribution < -0.4 is 4.90 Å². The minimum absolute atomic E-state index is 0. The van der Waals surface area contributed by atoms with Crippen LogP contribution in [0.3, 0.4) is 0 Å². The SMILES string of the molecule is Cl.O=C(O)CCN(Cc1cccs1)c1nc(-c2ccc(F)cc2)cs1. The summed E-state index contributed by atoms with van der Waals surface area (Å²) >= 11 is 3.09. The fourth-order valence-electron chi connectivity index (χ4n) is 2.23. The van der Waals surface area contributed by atoms with E-state index in [1.54, 1.807) is 23.5 Å². The number of carbonyl (C=O) groups is 1. The molecule has 2 aromatic heterocycles. The number of thiophene rings is 1. The van der Waals surface area contributed by atoms with Gasteiger partial charge in [-0.15, -0.1) is 35.1 Å². The number of aromatic nitrogens is 1. The van der Waals surface area contributed by atoms with Gasteiger partial charge in [0.25, 0.3) is 0 Å². The van der Waals surface area contributed by atoms with E-state index in [1.807, 2.05) is 27.8 Å². The quantitative estimate of drug-likeness (QED) is 0.614. The highest BCUT2D eigenvalue weighted by atomic mass is 35.5. The van der Waals surface area contributed by atoms with Gasteiger partial charge in [-0.05, 0) is 35.7 Å². The molecule has 0 aliphatic heterocycles. The minimum atomic E-state index is -0.832. The third kappa shape index (κ3) is 5.26. The highest BCUT2D eigenvalue weighted by Crippen LogP contribution is 2.29. The second kappa shape index (κ2) is 8.94. The van der Waals surface area contributed by atoms with Crippen molar-refractivity contribution in [3.05, 3.63) is 57.9 Å². The molecule has 25 heavy (non-hydrogen) atoms. The summed E-state index contributed by atoms with van der Waals surface area (Å²) in [4.78, 5) is 18.6. The highest BCUT2D eigenvalue weighted by Gasteiger charge is 2.15. The normalized spacial score (nSPS) is 10.3. The van der Waals surface area contributed by atoms with Gasteiger partial charge in [0, 0.05) is 22.4 Å². The summed E-state index contributed by atoms with van der Waals surface area (Å²) in [6, 6.07) is 10.2. The molecule has 0 atom stereocenters. The molecule has 0 saturated carbocycles. The summed E-state index contributed by atoms with van der Waals surface area (Å²) in [5.74, 6) is -1.11. The first-order chi connectivity index (χ1) is 11.6. The Balaban J connectivity index is 0.00000225. The molecule has 132 valence electrons. The highest BCUT2D eigenvalue weighted by molar-refractivity contribution is 7.14. The van der Waals surface area contributed by atoms with E-state index < -0.39 is 5.97 Å². The van der Waals surface area contributed by atoms with Crippen molar-refractivity contribution in [3.63, 3.8) is 0 Å². The first-order valence-electron chi connectivity index (χ1n) is 7.32. The summed E-state index contributed by atoms with van der Waals surface area (Å²) < 4.78 is 13.0. The van der Waals surface area contributed by atoms with Gasteiger partial charge in [0.15, 0.2) is 5.13 Å². The standard InChI is InChI=1S/C17H15FN2O2S2.ClH/c18-13-5-3-12(4-6-13)15-11-24-17(19-15)20(8-7-16(21)22)10-14-2-1-9-23-14;/h1-6,9,11H,7-8,10H2,(H,21,22);1H. The number of thiazole rings is 1. The lowest BCUT2D eigenvalue weighted by Gasteiger charge is -2.20. The van der Waals surface area contributed by atoms with E-state index in [4.69, 9.17) is 5.11 Å². The molecule has 2 heterocycles. The van der Waals surface area contributed by atoms with Crippen LogP contribution in [-0.2, 0) is 11.3 Å². The van der Waals surface area contributed by atoms with Gasteiger partial charge in [0.1, 0.15) is 5.82 Å². The third-order valence-corrected chi connectivity index (χ3v) is 5.19. The summed E-state index contributed by atoms with van der Waals surface area (Å²) in [5, 5.41) is 13.6. The number of aliphatic carboxylic acids is 1. The monoisotopic (exact) mass is 398 g/mol. The van der Waals surface area contributed by atoms with E-state index in [0.29, 0.717) is 13.1 Å². The zero-order chi connectivity index (χ0) is 16.9. The summed E-state index contributed by atoms with van der Waals surface area (Å²) in [5.41, 5.74) is 1.61. The fourth-order valence-corrected chi connectivity index (χ4v) is 3.81. The molecule has 0 aliphatic carbocycles. The molecule has 0 spiro atoms. The van der Waals surface area contributed by atoms with Gasteiger partial charge in [0.2, 0.25) is 0 Å². The van der Waals surface area contributed by atoms with Crippen LogP contribution in [0.5, 0.6) is 0 Å². The van der Waals surface area contributed by atoms with Gasteiger partial charge in [-0.25, -0.2) is 9.37 Å². The van der Waals surface area contributed by atoms with Crippen LogP contribution in [-0.4, -0.2) is 22.6 Å². The van der Waals surface area contributed by atoms with E-state index in [2.05, 4.69) is 4.98 Å². The number of carboxylic acid groups (broad SMARTS) is 1. The maximum Gasteiger partial charge on any atom is 0.305 e. The van der Waals surface area contributed by atoms with Crippen LogP contribution in [0.25, 0.3) is 11.3 Å². The van der Waals surface area contributed by atoms with Crippen LogP contribution in [0.4, 0.5) is 9.52 Å². The Morgan fingerprint density at radius 1 is 1.20 bits per heavy atom. The van der Waals surface area contributed by atoms with Crippen LogP contribution in [0.15, 0.2) is 47.2 Å². The number of hydrogen-bond acceptors (Lipinski definition) is 5. The first kappa shape index (κ1) is 19.4. The van der Waals surface area contributed by atoms with Gasteiger partial charge < -0.3 is 10.0 Å². The first-order valence-corrected chi connectivity index (χ1v) is 9.08. The lowest BCUT2D eigenvalue weighted by molar-refractivity contribution is -0.136. The molecule has 0 amide bonds. The maximum atomic E-state index is 13.0. The molecule has 0 bridgehead atoms. The van der Waals surface area contributed by atoms with Crippen molar-refractivity contribution in [3.8, 4) is 11.3 Å². The van der Waals surface area contributed by atoms with Crippen LogP contribution in [0.2, 0.25) is 0 Å². The average Bonchev–Trinajstić information content (AvgIpc) is 3.23. The second-order valence-electron chi connectivity index (χ2n) is 5.17. The summed E-state index contributed by atoms with van der Waals surface area (Å²) in [6.45, 7) is 1.02. The van der Waals surface area contributed by atoms with Crippen LogP contribution >= 0.6 is 35.1 Å². The molecule has 0 fully saturated rings. The van der Waals surface area contributed by atoms with E-state index in [9.17, 15) is 9.18 Å². The van der Waals surface area contributed by atoms with E-state index in [1.165, 1.54) is 23.5 Å². The molecule has 3 aromatic rings. The molecular weight excluding hydrogens is 383 g/mol. The molecular formula is C17H16ClFN2O2S2. The Hall–Kier alpha value is -1.96. The Kier molecular flexibility index (Phi) is 6.92. The fraction of sp³-hybridized carbons (Fsp3) is 0.176. The Labute approximate surface area is 159 Å². The molecule has 8 heteroatoms. The molecule has 0 aliphatic rings. The number of nitrogens with zero attached hydrogens (tertiary/aromatic N) is 2. The van der Waals surface area contributed by atoms with Crippen LogP contribution in [0, 0.1) is 5.82 Å². The number of hydrogen-bond donors (Lipinski definition) is 1. The van der Waals surface area contributed by atoms with Crippen molar-refractivity contribution in [2.24, 2.45) is 0 Å².